The van der Waals surface area contributed by atoms with Crippen LogP contribution in [0.1, 0.15) is 12.0 Å². The Morgan fingerprint density at radius 1 is 1.25 bits per heavy atom. The molecule has 0 radical (unpaired) electrons. The number of ether oxygens (including phenoxy) is 1. The maximum absolute atomic E-state index is 11.1. The summed E-state index contributed by atoms with van der Waals surface area (Å²) in [4.78, 5) is 21.5. The first kappa shape index (κ1) is 12.0. The van der Waals surface area contributed by atoms with Gasteiger partial charge in [0.15, 0.2) is 0 Å². The molecule has 1 rings (SSSR count). The average molecular weight is 219 g/mol. The molecular formula is C12H13NO3. The average Bonchev–Trinajstić information content (AvgIpc) is 2.27. The molecule has 4 heteroatoms. The number of primary amides is 1. The van der Waals surface area contributed by atoms with Gasteiger partial charge in [0.2, 0.25) is 5.91 Å². The van der Waals surface area contributed by atoms with E-state index in [1.54, 1.807) is 6.08 Å². The Morgan fingerprint density at radius 3 is 2.56 bits per heavy atom. The fourth-order valence-corrected chi connectivity index (χ4v) is 1.03. The summed E-state index contributed by atoms with van der Waals surface area (Å²) in [5.41, 5.74) is 5.81. The van der Waals surface area contributed by atoms with Crippen LogP contribution >= 0.6 is 0 Å². The zero-order valence-corrected chi connectivity index (χ0v) is 8.76. The second-order valence-electron chi connectivity index (χ2n) is 3.13. The van der Waals surface area contributed by atoms with E-state index in [1.807, 2.05) is 30.3 Å². The number of amides is 1. The minimum Gasteiger partial charge on any atom is -0.462 e. The molecule has 84 valence electrons. The normalized spacial score (nSPS) is 10.2. The molecule has 0 aromatic heterocycles. The van der Waals surface area contributed by atoms with E-state index in [1.165, 1.54) is 6.08 Å². The number of esters is 1. The lowest BCUT2D eigenvalue weighted by Crippen LogP contribution is -2.14. The Morgan fingerprint density at radius 2 is 1.94 bits per heavy atom. The fraction of sp³-hybridized carbons (Fsp3) is 0.167. The van der Waals surface area contributed by atoms with Crippen LogP contribution in [0, 0.1) is 0 Å². The third-order valence-electron chi connectivity index (χ3n) is 1.80. The van der Waals surface area contributed by atoms with Crippen molar-refractivity contribution in [3.05, 3.63) is 42.0 Å². The van der Waals surface area contributed by atoms with Crippen LogP contribution < -0.4 is 5.73 Å². The van der Waals surface area contributed by atoms with Gasteiger partial charge in [-0.3, -0.25) is 4.79 Å². The van der Waals surface area contributed by atoms with Gasteiger partial charge in [0.1, 0.15) is 6.61 Å². The molecule has 0 aliphatic carbocycles. The van der Waals surface area contributed by atoms with Gasteiger partial charge in [0, 0.05) is 6.08 Å². The molecule has 0 aliphatic rings. The van der Waals surface area contributed by atoms with Gasteiger partial charge in [0.05, 0.1) is 6.42 Å². The number of rotatable bonds is 5. The molecule has 2 N–H and O–H groups in total. The lowest BCUT2D eigenvalue weighted by molar-refractivity contribution is -0.138. The summed E-state index contributed by atoms with van der Waals surface area (Å²) >= 11 is 0. The molecule has 0 saturated heterocycles. The predicted octanol–water partition coefficient (Wildman–Crippen LogP) is 1.12. The van der Waals surface area contributed by atoms with E-state index in [0.717, 1.165) is 5.56 Å². The molecule has 0 atom stereocenters. The van der Waals surface area contributed by atoms with E-state index in [2.05, 4.69) is 0 Å². The zero-order valence-electron chi connectivity index (χ0n) is 8.76. The zero-order chi connectivity index (χ0) is 11.8. The van der Waals surface area contributed by atoms with Gasteiger partial charge in [-0.05, 0) is 11.6 Å². The van der Waals surface area contributed by atoms with Gasteiger partial charge >= 0.3 is 5.97 Å². The topological polar surface area (TPSA) is 69.4 Å². The molecular weight excluding hydrogens is 206 g/mol. The van der Waals surface area contributed by atoms with Crippen LogP contribution in [0.5, 0.6) is 0 Å². The maximum Gasteiger partial charge on any atom is 0.330 e. The Hall–Kier alpha value is -2.10. The molecule has 0 heterocycles. The standard InChI is InChI=1S/C12H13NO3/c13-11(14)8-9-16-12(15)7-6-10-4-2-1-3-5-10/h1-7H,8-9H2,(H2,13,14)/b7-6-. The quantitative estimate of drug-likeness (QED) is 0.596. The number of benzene rings is 1. The largest absolute Gasteiger partial charge is 0.462 e. The lowest BCUT2D eigenvalue weighted by atomic mass is 10.2. The van der Waals surface area contributed by atoms with Gasteiger partial charge < -0.3 is 10.5 Å². The van der Waals surface area contributed by atoms with Crippen LogP contribution in [-0.2, 0) is 14.3 Å². The first-order chi connectivity index (χ1) is 7.68. The summed E-state index contributed by atoms with van der Waals surface area (Å²) in [6, 6.07) is 9.37. The number of nitrogens with two attached hydrogens (primary N) is 1. The van der Waals surface area contributed by atoms with Crippen molar-refractivity contribution in [3.8, 4) is 0 Å². The highest BCUT2D eigenvalue weighted by Crippen LogP contribution is 2.01. The maximum atomic E-state index is 11.1. The highest BCUT2D eigenvalue weighted by Gasteiger charge is 1.98. The second-order valence-corrected chi connectivity index (χ2v) is 3.13. The molecule has 0 unspecified atom stereocenters. The van der Waals surface area contributed by atoms with Crippen molar-refractivity contribution in [2.45, 2.75) is 6.42 Å². The molecule has 1 aromatic carbocycles. The van der Waals surface area contributed by atoms with Crippen molar-refractivity contribution in [2.24, 2.45) is 5.73 Å². The number of hydrogen-bond donors (Lipinski definition) is 1. The number of carbonyl (C=O) groups is 2. The summed E-state index contributed by atoms with van der Waals surface area (Å²) in [6.45, 7) is 0.0211. The van der Waals surface area contributed by atoms with Crippen LogP contribution in [0.2, 0.25) is 0 Å². The van der Waals surface area contributed by atoms with E-state index >= 15 is 0 Å². The second kappa shape index (κ2) is 6.40. The Labute approximate surface area is 93.7 Å². The first-order valence-electron chi connectivity index (χ1n) is 4.86. The number of carbonyl (C=O) groups excluding carboxylic acids is 2. The fourth-order valence-electron chi connectivity index (χ4n) is 1.03. The van der Waals surface area contributed by atoms with Crippen molar-refractivity contribution < 1.29 is 14.3 Å². The Kier molecular flexibility index (Phi) is 4.79. The van der Waals surface area contributed by atoms with Gasteiger partial charge in [-0.2, -0.15) is 0 Å². The van der Waals surface area contributed by atoms with Crippen molar-refractivity contribution in [2.75, 3.05) is 6.61 Å². The SMILES string of the molecule is NC(=O)CCOC(=O)/C=C\c1ccccc1. The van der Waals surface area contributed by atoms with Gasteiger partial charge in [-0.15, -0.1) is 0 Å². The minimum atomic E-state index is -0.486. The van der Waals surface area contributed by atoms with E-state index < -0.39 is 11.9 Å². The van der Waals surface area contributed by atoms with Crippen molar-refractivity contribution >= 4 is 18.0 Å². The smallest absolute Gasteiger partial charge is 0.330 e. The molecule has 0 aliphatic heterocycles. The van der Waals surface area contributed by atoms with Crippen LogP contribution in [0.25, 0.3) is 6.08 Å². The summed E-state index contributed by atoms with van der Waals surface area (Å²) in [5, 5.41) is 0. The molecule has 0 spiro atoms. The summed E-state index contributed by atoms with van der Waals surface area (Å²) in [5.74, 6) is -0.968. The van der Waals surface area contributed by atoms with Gasteiger partial charge in [-0.1, -0.05) is 30.3 Å². The van der Waals surface area contributed by atoms with Crippen LogP contribution in [0.4, 0.5) is 0 Å². The van der Waals surface area contributed by atoms with Crippen molar-refractivity contribution in [3.63, 3.8) is 0 Å². The van der Waals surface area contributed by atoms with E-state index in [-0.39, 0.29) is 13.0 Å². The molecule has 16 heavy (non-hydrogen) atoms. The van der Waals surface area contributed by atoms with Crippen LogP contribution in [-0.4, -0.2) is 18.5 Å². The molecule has 0 saturated carbocycles. The summed E-state index contributed by atoms with van der Waals surface area (Å²) < 4.78 is 4.75. The molecule has 0 bridgehead atoms. The van der Waals surface area contributed by atoms with Gasteiger partial charge in [-0.25, -0.2) is 4.79 Å². The Bertz CT molecular complexity index is 385. The monoisotopic (exact) mass is 219 g/mol. The molecule has 1 amide bonds. The van der Waals surface area contributed by atoms with E-state index in [0.29, 0.717) is 0 Å². The minimum absolute atomic E-state index is 0.0211. The van der Waals surface area contributed by atoms with Crippen LogP contribution in [0.3, 0.4) is 0 Å². The molecule has 1 aromatic rings. The summed E-state index contributed by atoms with van der Waals surface area (Å²) in [6.07, 6.45) is 3.01. The summed E-state index contributed by atoms with van der Waals surface area (Å²) in [7, 11) is 0. The van der Waals surface area contributed by atoms with Crippen molar-refractivity contribution in [1.29, 1.82) is 0 Å². The third-order valence-corrected chi connectivity index (χ3v) is 1.80. The third kappa shape index (κ3) is 4.95. The van der Waals surface area contributed by atoms with Crippen molar-refractivity contribution in [1.82, 2.24) is 0 Å². The molecule has 4 nitrogen and oxygen atoms in total. The number of hydrogen-bond acceptors (Lipinski definition) is 3. The lowest BCUT2D eigenvalue weighted by Gasteiger charge is -1.98. The van der Waals surface area contributed by atoms with Gasteiger partial charge in [0.25, 0.3) is 0 Å². The van der Waals surface area contributed by atoms with Crippen LogP contribution in [0.15, 0.2) is 36.4 Å². The highest BCUT2D eigenvalue weighted by atomic mass is 16.5. The highest BCUT2D eigenvalue weighted by molar-refractivity contribution is 5.87. The molecule has 0 fully saturated rings. The van der Waals surface area contributed by atoms with E-state index in [9.17, 15) is 9.59 Å². The first-order valence-corrected chi connectivity index (χ1v) is 4.86. The Balaban J connectivity index is 2.34. The van der Waals surface area contributed by atoms with E-state index in [4.69, 9.17) is 10.5 Å². The predicted molar refractivity (Wildman–Crippen MR) is 60.2 cm³/mol.